The molecule has 14 rings (SSSR count). The highest BCUT2D eigenvalue weighted by atomic mass is 15.1. The average Bonchev–Trinajstić information content (AvgIpc) is 3.96. The van der Waals surface area contributed by atoms with Crippen LogP contribution in [0.3, 0.4) is 0 Å². The van der Waals surface area contributed by atoms with Crippen LogP contribution < -0.4 is 4.90 Å². The SMILES string of the molecule is c1ccc(-c2ccc(-c3ccc(N(c4ccc5c(c4)-c4ccccc4C54CCCC4)c4cccc5c4-c4ccccc4C54C5CC6CC(C5)CC4C6)cc3)cc2)cc1. The number of hydrogen-bond acceptors (Lipinski definition) is 1. The summed E-state index contributed by atoms with van der Waals surface area (Å²) < 4.78 is 0. The first-order valence-corrected chi connectivity index (χ1v) is 22.2. The van der Waals surface area contributed by atoms with Gasteiger partial charge in [0.05, 0.1) is 5.69 Å². The van der Waals surface area contributed by atoms with Gasteiger partial charge in [-0.25, -0.2) is 0 Å². The van der Waals surface area contributed by atoms with Crippen molar-refractivity contribution >= 4 is 17.1 Å². The van der Waals surface area contributed by atoms with Gasteiger partial charge in [-0.2, -0.15) is 0 Å². The van der Waals surface area contributed by atoms with Gasteiger partial charge in [0.15, 0.2) is 0 Å². The van der Waals surface area contributed by atoms with Gasteiger partial charge in [0, 0.05) is 27.8 Å². The summed E-state index contributed by atoms with van der Waals surface area (Å²) in [5.74, 6) is 3.33. The summed E-state index contributed by atoms with van der Waals surface area (Å²) in [6.07, 6.45) is 12.2. The van der Waals surface area contributed by atoms with E-state index in [0.29, 0.717) is 0 Å². The summed E-state index contributed by atoms with van der Waals surface area (Å²) in [5.41, 5.74) is 21.2. The lowest BCUT2D eigenvalue weighted by Crippen LogP contribution is -2.55. The van der Waals surface area contributed by atoms with Gasteiger partial charge in [0.1, 0.15) is 0 Å². The number of nitrogens with zero attached hydrogens (tertiary/aromatic N) is 1. The number of hydrogen-bond donors (Lipinski definition) is 0. The smallest absolute Gasteiger partial charge is 0.0543 e. The van der Waals surface area contributed by atoms with Gasteiger partial charge in [-0.3, -0.25) is 0 Å². The van der Waals surface area contributed by atoms with E-state index in [1.807, 2.05) is 0 Å². The predicted molar refractivity (Wildman–Crippen MR) is 240 cm³/mol. The van der Waals surface area contributed by atoms with Crippen LogP contribution in [0.15, 0.2) is 164 Å². The largest absolute Gasteiger partial charge is 0.310 e. The quantitative estimate of drug-likeness (QED) is 0.169. The molecule has 0 saturated heterocycles. The van der Waals surface area contributed by atoms with E-state index in [2.05, 4.69) is 169 Å². The molecule has 5 fully saturated rings. The summed E-state index contributed by atoms with van der Waals surface area (Å²) in [4.78, 5) is 2.62. The van der Waals surface area contributed by atoms with Crippen molar-refractivity contribution in [3.8, 4) is 44.5 Å². The van der Waals surface area contributed by atoms with Crippen molar-refractivity contribution in [1.82, 2.24) is 0 Å². The molecule has 0 atom stereocenters. The summed E-state index contributed by atoms with van der Waals surface area (Å²) in [5, 5.41) is 0. The molecule has 7 aromatic carbocycles. The van der Waals surface area contributed by atoms with Gasteiger partial charge in [0.2, 0.25) is 0 Å². The highest BCUT2D eigenvalue weighted by molar-refractivity contribution is 5.97. The van der Waals surface area contributed by atoms with Crippen molar-refractivity contribution in [2.24, 2.45) is 23.7 Å². The Morgan fingerprint density at radius 3 is 1.62 bits per heavy atom. The Kier molecular flexibility index (Phi) is 7.14. The maximum Gasteiger partial charge on any atom is 0.0543 e. The first-order chi connectivity index (χ1) is 28.7. The molecule has 7 aliphatic carbocycles. The molecule has 2 spiro atoms. The second-order valence-electron chi connectivity index (χ2n) is 18.8. The average molecular weight is 748 g/mol. The lowest BCUT2D eigenvalue weighted by Gasteiger charge is -2.61. The van der Waals surface area contributed by atoms with Crippen LogP contribution in [0.2, 0.25) is 0 Å². The van der Waals surface area contributed by atoms with Crippen molar-refractivity contribution in [2.75, 3.05) is 4.90 Å². The third-order valence-electron chi connectivity index (χ3n) is 16.2. The van der Waals surface area contributed by atoms with Gasteiger partial charge < -0.3 is 4.90 Å². The second kappa shape index (κ2) is 12.4. The molecule has 0 heterocycles. The first kappa shape index (κ1) is 33.3. The van der Waals surface area contributed by atoms with Crippen LogP contribution >= 0.6 is 0 Å². The number of benzene rings is 7. The van der Waals surface area contributed by atoms with E-state index in [9.17, 15) is 0 Å². The molecular formula is C57H49N. The zero-order chi connectivity index (χ0) is 38.0. The normalized spacial score (nSPS) is 24.8. The van der Waals surface area contributed by atoms with Crippen molar-refractivity contribution in [2.45, 2.75) is 68.6 Å². The fraction of sp³-hybridized carbons (Fsp3) is 0.263. The summed E-state index contributed by atoms with van der Waals surface area (Å²) >= 11 is 0. The Labute approximate surface area is 343 Å². The lowest BCUT2D eigenvalue weighted by atomic mass is 9.43. The zero-order valence-corrected chi connectivity index (χ0v) is 33.2. The molecule has 58 heavy (non-hydrogen) atoms. The molecule has 0 aliphatic heterocycles. The molecule has 4 bridgehead atoms. The molecule has 0 N–H and O–H groups in total. The fourth-order valence-corrected chi connectivity index (χ4v) is 14.2. The fourth-order valence-electron chi connectivity index (χ4n) is 14.2. The highest BCUT2D eigenvalue weighted by Crippen LogP contribution is 2.70. The molecule has 0 radical (unpaired) electrons. The van der Waals surface area contributed by atoms with E-state index < -0.39 is 0 Å². The van der Waals surface area contributed by atoms with E-state index in [1.165, 1.54) is 119 Å². The maximum absolute atomic E-state index is 2.62. The van der Waals surface area contributed by atoms with Crippen molar-refractivity contribution in [3.05, 3.63) is 186 Å². The monoisotopic (exact) mass is 747 g/mol. The van der Waals surface area contributed by atoms with E-state index in [4.69, 9.17) is 0 Å². The van der Waals surface area contributed by atoms with Gasteiger partial charge in [-0.05, 0) is 160 Å². The molecule has 0 unspecified atom stereocenters. The topological polar surface area (TPSA) is 3.24 Å². The van der Waals surface area contributed by atoms with Gasteiger partial charge in [-0.15, -0.1) is 0 Å². The Morgan fingerprint density at radius 2 is 0.931 bits per heavy atom. The number of rotatable bonds is 5. The van der Waals surface area contributed by atoms with Gasteiger partial charge >= 0.3 is 0 Å². The molecule has 5 saturated carbocycles. The van der Waals surface area contributed by atoms with Crippen molar-refractivity contribution < 1.29 is 0 Å². The van der Waals surface area contributed by atoms with Crippen molar-refractivity contribution in [3.63, 3.8) is 0 Å². The van der Waals surface area contributed by atoms with Crippen LogP contribution in [-0.2, 0) is 10.8 Å². The predicted octanol–water partition coefficient (Wildman–Crippen LogP) is 15.1. The van der Waals surface area contributed by atoms with Crippen LogP contribution in [0.5, 0.6) is 0 Å². The third kappa shape index (κ3) is 4.54. The third-order valence-corrected chi connectivity index (χ3v) is 16.2. The molecular weight excluding hydrogens is 699 g/mol. The molecule has 7 aromatic rings. The lowest BCUT2D eigenvalue weighted by molar-refractivity contribution is -0.0399. The Morgan fingerprint density at radius 1 is 0.397 bits per heavy atom. The van der Waals surface area contributed by atoms with Gasteiger partial charge in [-0.1, -0.05) is 146 Å². The second-order valence-corrected chi connectivity index (χ2v) is 18.8. The minimum absolute atomic E-state index is 0.128. The standard InChI is InChI=1S/C57H49N/c1-2-11-39(12-3-1)40-19-21-41(22-20-40)42-23-25-45(26-24-42)58(46-27-28-51-49(36-46)47-13-4-6-15-50(47)56(51)29-8-9-30-56)54-18-10-17-53-55(54)48-14-5-7-16-52(48)57(53)43-32-37-31-38(34-43)35-44(57)33-37/h1-7,10-28,36-38,43-44H,8-9,29-35H2. The molecule has 282 valence electrons. The Balaban J connectivity index is 0.988. The minimum atomic E-state index is 0.128. The summed E-state index contributed by atoms with van der Waals surface area (Å²) in [6.45, 7) is 0. The van der Waals surface area contributed by atoms with Crippen LogP contribution in [-0.4, -0.2) is 0 Å². The van der Waals surface area contributed by atoms with E-state index >= 15 is 0 Å². The van der Waals surface area contributed by atoms with Crippen LogP contribution in [0.25, 0.3) is 44.5 Å². The maximum atomic E-state index is 2.62. The van der Waals surface area contributed by atoms with Crippen molar-refractivity contribution in [1.29, 1.82) is 0 Å². The van der Waals surface area contributed by atoms with Crippen LogP contribution in [0.1, 0.15) is 80.0 Å². The van der Waals surface area contributed by atoms with E-state index in [1.54, 1.807) is 22.3 Å². The van der Waals surface area contributed by atoms with E-state index in [0.717, 1.165) is 23.7 Å². The molecule has 1 heteroatoms. The molecule has 0 amide bonds. The van der Waals surface area contributed by atoms with Crippen LogP contribution in [0.4, 0.5) is 17.1 Å². The summed E-state index contributed by atoms with van der Waals surface area (Å²) in [6, 6.07) is 63.0. The Bertz CT molecular complexity index is 2700. The van der Waals surface area contributed by atoms with Gasteiger partial charge in [0.25, 0.3) is 0 Å². The summed E-state index contributed by atoms with van der Waals surface area (Å²) in [7, 11) is 0. The Hall–Kier alpha value is -5.66. The van der Waals surface area contributed by atoms with Crippen LogP contribution in [0, 0.1) is 23.7 Å². The molecule has 0 aromatic heterocycles. The minimum Gasteiger partial charge on any atom is -0.310 e. The first-order valence-electron chi connectivity index (χ1n) is 22.2. The number of fused-ring (bicyclic) bond motifs is 8. The number of anilines is 3. The molecule has 7 aliphatic rings. The highest BCUT2D eigenvalue weighted by Gasteiger charge is 2.62. The zero-order valence-electron chi connectivity index (χ0n) is 33.2. The van der Waals surface area contributed by atoms with E-state index in [-0.39, 0.29) is 10.8 Å². The molecule has 1 nitrogen and oxygen atoms in total.